The molecule has 0 heterocycles. The number of nitrogens with two attached hydrogens (primary N) is 1. The minimum Gasteiger partial charge on any atom is -0.508 e. The van der Waals surface area contributed by atoms with Gasteiger partial charge in [-0.2, -0.15) is 0 Å². The number of rotatable bonds is 3. The summed E-state index contributed by atoms with van der Waals surface area (Å²) in [6.45, 7) is 1.81. The van der Waals surface area contributed by atoms with E-state index in [1.165, 1.54) is 18.2 Å². The van der Waals surface area contributed by atoms with Gasteiger partial charge < -0.3 is 21.3 Å². The zero-order valence-corrected chi connectivity index (χ0v) is 11.0. The van der Waals surface area contributed by atoms with Crippen molar-refractivity contribution in [2.24, 2.45) is 0 Å². The lowest BCUT2D eigenvalue weighted by molar-refractivity contribution is 0.0937. The Bertz CT molecular complexity index is 641. The van der Waals surface area contributed by atoms with Crippen LogP contribution >= 0.6 is 0 Å². The molecule has 0 aliphatic carbocycles. The second-order valence-electron chi connectivity index (χ2n) is 4.57. The van der Waals surface area contributed by atoms with Crippen molar-refractivity contribution in [2.45, 2.75) is 13.0 Å². The largest absolute Gasteiger partial charge is 0.508 e. The lowest BCUT2D eigenvalue weighted by atomic mass is 10.1. The van der Waals surface area contributed by atoms with Gasteiger partial charge in [0.25, 0.3) is 5.91 Å². The minimum absolute atomic E-state index is 0.0285. The van der Waals surface area contributed by atoms with Gasteiger partial charge in [0.05, 0.1) is 11.6 Å². The van der Waals surface area contributed by atoms with Crippen LogP contribution in [0.2, 0.25) is 0 Å². The van der Waals surface area contributed by atoms with E-state index >= 15 is 0 Å². The van der Waals surface area contributed by atoms with Crippen LogP contribution in [-0.4, -0.2) is 16.1 Å². The first-order valence-corrected chi connectivity index (χ1v) is 6.15. The molecule has 0 radical (unpaired) electrons. The van der Waals surface area contributed by atoms with Crippen LogP contribution in [-0.2, 0) is 0 Å². The molecule has 0 saturated carbocycles. The summed E-state index contributed by atoms with van der Waals surface area (Å²) in [7, 11) is 0. The summed E-state index contributed by atoms with van der Waals surface area (Å²) in [5, 5.41) is 21.7. The van der Waals surface area contributed by atoms with E-state index in [2.05, 4.69) is 5.32 Å². The Morgan fingerprint density at radius 3 is 2.65 bits per heavy atom. The molecule has 20 heavy (non-hydrogen) atoms. The van der Waals surface area contributed by atoms with E-state index in [1.807, 2.05) is 13.0 Å². The van der Waals surface area contributed by atoms with Crippen molar-refractivity contribution in [1.82, 2.24) is 5.32 Å². The molecule has 0 bridgehead atoms. The van der Waals surface area contributed by atoms with E-state index in [9.17, 15) is 15.0 Å². The fourth-order valence-corrected chi connectivity index (χ4v) is 1.89. The molecule has 0 fully saturated rings. The monoisotopic (exact) mass is 272 g/mol. The number of hydrogen-bond acceptors (Lipinski definition) is 4. The first-order valence-electron chi connectivity index (χ1n) is 6.15. The molecule has 1 amide bonds. The average Bonchev–Trinajstić information content (AvgIpc) is 2.41. The van der Waals surface area contributed by atoms with Crippen LogP contribution in [0.15, 0.2) is 42.5 Å². The predicted molar refractivity (Wildman–Crippen MR) is 76.5 cm³/mol. The van der Waals surface area contributed by atoms with E-state index in [0.717, 1.165) is 5.56 Å². The molecule has 1 unspecified atom stereocenters. The molecular formula is C15H16N2O3. The molecule has 0 aliphatic rings. The minimum atomic E-state index is -0.465. The Morgan fingerprint density at radius 2 is 1.95 bits per heavy atom. The van der Waals surface area contributed by atoms with Crippen LogP contribution in [0, 0.1) is 0 Å². The quantitative estimate of drug-likeness (QED) is 0.508. The van der Waals surface area contributed by atoms with Gasteiger partial charge >= 0.3 is 0 Å². The number of amides is 1. The molecule has 2 aromatic carbocycles. The Balaban J connectivity index is 2.17. The summed E-state index contributed by atoms with van der Waals surface area (Å²) in [4.78, 5) is 12.1. The number of anilines is 1. The third kappa shape index (κ3) is 3.00. The van der Waals surface area contributed by atoms with E-state index in [4.69, 9.17) is 5.73 Å². The highest BCUT2D eigenvalue weighted by atomic mass is 16.3. The predicted octanol–water partition coefficient (Wildman–Crippen LogP) is 2.17. The molecule has 0 spiro atoms. The van der Waals surface area contributed by atoms with Gasteiger partial charge in [0.15, 0.2) is 0 Å². The van der Waals surface area contributed by atoms with Gasteiger partial charge in [0.2, 0.25) is 0 Å². The number of carbonyl (C=O) groups is 1. The van der Waals surface area contributed by atoms with Gasteiger partial charge in [-0.3, -0.25) is 4.79 Å². The van der Waals surface area contributed by atoms with Crippen molar-refractivity contribution in [3.8, 4) is 11.5 Å². The molecule has 0 saturated heterocycles. The fourth-order valence-electron chi connectivity index (χ4n) is 1.89. The number of aromatic hydroxyl groups is 2. The maximum absolute atomic E-state index is 12.1. The van der Waals surface area contributed by atoms with Gasteiger partial charge in [-0.1, -0.05) is 12.1 Å². The second kappa shape index (κ2) is 5.52. The number of phenols is 2. The van der Waals surface area contributed by atoms with Crippen molar-refractivity contribution >= 4 is 11.6 Å². The first-order chi connectivity index (χ1) is 9.47. The molecule has 0 aromatic heterocycles. The van der Waals surface area contributed by atoms with Crippen LogP contribution < -0.4 is 11.1 Å². The van der Waals surface area contributed by atoms with Crippen LogP contribution in [0.4, 0.5) is 5.69 Å². The highest BCUT2D eigenvalue weighted by molar-refractivity contribution is 5.97. The number of carbonyl (C=O) groups excluding carboxylic acids is 1. The topological polar surface area (TPSA) is 95.6 Å². The molecule has 5 N–H and O–H groups in total. The van der Waals surface area contributed by atoms with Crippen LogP contribution in [0.1, 0.15) is 28.9 Å². The summed E-state index contributed by atoms with van der Waals surface area (Å²) >= 11 is 0. The van der Waals surface area contributed by atoms with Gasteiger partial charge in [-0.05, 0) is 42.8 Å². The Hall–Kier alpha value is -2.69. The lowest BCUT2D eigenvalue weighted by Crippen LogP contribution is -2.26. The maximum atomic E-state index is 12.1. The molecule has 0 aliphatic heterocycles. The highest BCUT2D eigenvalue weighted by Crippen LogP contribution is 2.23. The molecule has 2 aromatic rings. The molecule has 5 nitrogen and oxygen atoms in total. The van der Waals surface area contributed by atoms with E-state index in [-0.39, 0.29) is 23.1 Å². The van der Waals surface area contributed by atoms with Crippen LogP contribution in [0.3, 0.4) is 0 Å². The Kier molecular flexibility index (Phi) is 3.79. The number of hydrogen-bond donors (Lipinski definition) is 4. The number of benzene rings is 2. The summed E-state index contributed by atoms with van der Waals surface area (Å²) in [6, 6.07) is 10.7. The normalized spacial score (nSPS) is 11.8. The zero-order valence-electron chi connectivity index (χ0n) is 11.0. The van der Waals surface area contributed by atoms with Crippen LogP contribution in [0.5, 0.6) is 11.5 Å². The number of nitrogens with one attached hydrogen (secondary N) is 1. The van der Waals surface area contributed by atoms with Crippen molar-refractivity contribution < 1.29 is 15.0 Å². The Morgan fingerprint density at radius 1 is 1.20 bits per heavy atom. The van der Waals surface area contributed by atoms with E-state index in [0.29, 0.717) is 5.69 Å². The average molecular weight is 272 g/mol. The summed E-state index contributed by atoms with van der Waals surface area (Å²) in [6.07, 6.45) is 0. The Labute approximate surface area is 116 Å². The van der Waals surface area contributed by atoms with Crippen molar-refractivity contribution in [3.05, 3.63) is 53.6 Å². The SMILES string of the molecule is CC(NC(=O)c1cc(O)ccc1O)c1cccc(N)c1. The van der Waals surface area contributed by atoms with Gasteiger partial charge in [-0.25, -0.2) is 0 Å². The lowest BCUT2D eigenvalue weighted by Gasteiger charge is -2.15. The van der Waals surface area contributed by atoms with Crippen molar-refractivity contribution in [3.63, 3.8) is 0 Å². The number of phenolic OH excluding ortho intramolecular Hbond substituents is 2. The van der Waals surface area contributed by atoms with Crippen molar-refractivity contribution in [1.29, 1.82) is 0 Å². The smallest absolute Gasteiger partial charge is 0.255 e. The molecule has 104 valence electrons. The van der Waals surface area contributed by atoms with Crippen molar-refractivity contribution in [2.75, 3.05) is 5.73 Å². The summed E-state index contributed by atoms with van der Waals surface area (Å²) in [5.41, 5.74) is 7.20. The molecule has 1 atom stereocenters. The summed E-state index contributed by atoms with van der Waals surface area (Å²) < 4.78 is 0. The molecule has 5 heteroatoms. The molecule has 2 rings (SSSR count). The highest BCUT2D eigenvalue weighted by Gasteiger charge is 2.15. The van der Waals surface area contributed by atoms with Gasteiger partial charge in [0, 0.05) is 5.69 Å². The third-order valence-corrected chi connectivity index (χ3v) is 2.98. The maximum Gasteiger partial charge on any atom is 0.255 e. The summed E-state index contributed by atoms with van der Waals surface area (Å²) in [5.74, 6) is -0.724. The van der Waals surface area contributed by atoms with E-state index in [1.54, 1.807) is 18.2 Å². The second-order valence-corrected chi connectivity index (χ2v) is 4.57. The standard InChI is InChI=1S/C15H16N2O3/c1-9(10-3-2-4-11(16)7-10)17-15(20)13-8-12(18)5-6-14(13)19/h2-9,18-19H,16H2,1H3,(H,17,20). The number of nitrogen functional groups attached to an aromatic ring is 1. The zero-order chi connectivity index (χ0) is 14.7. The third-order valence-electron chi connectivity index (χ3n) is 2.98. The van der Waals surface area contributed by atoms with E-state index < -0.39 is 5.91 Å². The van der Waals surface area contributed by atoms with Gasteiger partial charge in [0.1, 0.15) is 11.5 Å². The van der Waals surface area contributed by atoms with Crippen LogP contribution in [0.25, 0.3) is 0 Å². The van der Waals surface area contributed by atoms with Gasteiger partial charge in [-0.15, -0.1) is 0 Å². The molecular weight excluding hydrogens is 256 g/mol. The fraction of sp³-hybridized carbons (Fsp3) is 0.133. The first kappa shape index (κ1) is 13.7.